The normalized spacial score (nSPS) is 28.5. The van der Waals surface area contributed by atoms with Crippen molar-refractivity contribution in [1.82, 2.24) is 10.2 Å². The number of halogens is 1. The van der Waals surface area contributed by atoms with Gasteiger partial charge < -0.3 is 5.32 Å². The lowest BCUT2D eigenvalue weighted by atomic mass is 9.92. The van der Waals surface area contributed by atoms with Crippen LogP contribution in [0.15, 0.2) is 24.3 Å². The third-order valence-electron chi connectivity index (χ3n) is 4.36. The quantitative estimate of drug-likeness (QED) is 0.905. The Morgan fingerprint density at radius 2 is 2.21 bits per heavy atom. The molecule has 1 N–H and O–H groups in total. The fourth-order valence-electron chi connectivity index (χ4n) is 2.82. The van der Waals surface area contributed by atoms with E-state index < -0.39 is 0 Å². The van der Waals surface area contributed by atoms with Gasteiger partial charge in [-0.05, 0) is 37.5 Å². The standard InChI is InChI=1S/C16H25ClN2/c1-4-15-10-18-16(3,5-2)12-19(15)11-13-7-6-8-14(17)9-13/h6-9,15,18H,4-5,10-12H2,1-3H3. The Kier molecular flexibility index (Phi) is 4.88. The number of nitrogens with zero attached hydrogens (tertiary/aromatic N) is 1. The van der Waals surface area contributed by atoms with Gasteiger partial charge in [0.1, 0.15) is 0 Å². The van der Waals surface area contributed by atoms with Crippen molar-refractivity contribution in [3.05, 3.63) is 34.9 Å². The fraction of sp³-hybridized carbons (Fsp3) is 0.625. The highest BCUT2D eigenvalue weighted by Gasteiger charge is 2.33. The Morgan fingerprint density at radius 3 is 2.84 bits per heavy atom. The van der Waals surface area contributed by atoms with E-state index in [1.54, 1.807) is 0 Å². The molecule has 0 saturated carbocycles. The number of nitrogens with one attached hydrogen (secondary N) is 1. The second kappa shape index (κ2) is 6.25. The first-order valence-electron chi connectivity index (χ1n) is 7.30. The predicted octanol–water partition coefficient (Wildman–Crippen LogP) is 3.69. The molecule has 1 heterocycles. The molecule has 2 unspecified atom stereocenters. The number of benzene rings is 1. The summed E-state index contributed by atoms with van der Waals surface area (Å²) in [5.74, 6) is 0. The summed E-state index contributed by atoms with van der Waals surface area (Å²) in [6, 6.07) is 8.86. The fourth-order valence-corrected chi connectivity index (χ4v) is 3.03. The molecule has 0 spiro atoms. The zero-order chi connectivity index (χ0) is 13.9. The first kappa shape index (κ1) is 14.8. The number of hydrogen-bond donors (Lipinski definition) is 1. The van der Waals surface area contributed by atoms with Crippen LogP contribution in [0.3, 0.4) is 0 Å². The maximum Gasteiger partial charge on any atom is 0.0409 e. The Morgan fingerprint density at radius 1 is 1.42 bits per heavy atom. The minimum Gasteiger partial charge on any atom is -0.309 e. The average molecular weight is 281 g/mol. The van der Waals surface area contributed by atoms with Gasteiger partial charge in [-0.1, -0.05) is 37.6 Å². The van der Waals surface area contributed by atoms with Crippen molar-refractivity contribution in [2.45, 2.75) is 51.7 Å². The van der Waals surface area contributed by atoms with Crippen molar-refractivity contribution in [2.75, 3.05) is 13.1 Å². The van der Waals surface area contributed by atoms with E-state index >= 15 is 0 Å². The molecule has 3 heteroatoms. The number of piperazine rings is 1. The van der Waals surface area contributed by atoms with Crippen LogP contribution in [0, 0.1) is 0 Å². The lowest BCUT2D eigenvalue weighted by Gasteiger charge is -2.46. The maximum absolute atomic E-state index is 6.09. The van der Waals surface area contributed by atoms with Crippen LogP contribution in [0.1, 0.15) is 39.2 Å². The second-order valence-corrected chi connectivity index (χ2v) is 6.33. The highest BCUT2D eigenvalue weighted by Crippen LogP contribution is 2.23. The molecule has 2 rings (SSSR count). The monoisotopic (exact) mass is 280 g/mol. The van der Waals surface area contributed by atoms with Gasteiger partial charge in [-0.15, -0.1) is 0 Å². The Balaban J connectivity index is 2.10. The van der Waals surface area contributed by atoms with Crippen LogP contribution in [0.25, 0.3) is 0 Å². The Labute approximate surface area is 122 Å². The number of rotatable bonds is 4. The van der Waals surface area contributed by atoms with Crippen molar-refractivity contribution < 1.29 is 0 Å². The molecule has 0 radical (unpaired) electrons. The largest absolute Gasteiger partial charge is 0.309 e. The SMILES string of the molecule is CCC1CNC(C)(CC)CN1Cc1cccc(Cl)c1. The van der Waals surface area contributed by atoms with Crippen LogP contribution in [-0.4, -0.2) is 29.6 Å². The maximum atomic E-state index is 6.09. The van der Waals surface area contributed by atoms with Gasteiger partial charge in [0.25, 0.3) is 0 Å². The first-order valence-corrected chi connectivity index (χ1v) is 7.67. The summed E-state index contributed by atoms with van der Waals surface area (Å²) in [4.78, 5) is 2.60. The van der Waals surface area contributed by atoms with Gasteiger partial charge in [-0.3, -0.25) is 4.90 Å². The Hall–Kier alpha value is -0.570. The lowest BCUT2D eigenvalue weighted by molar-refractivity contribution is 0.0755. The van der Waals surface area contributed by atoms with Gasteiger partial charge in [-0.25, -0.2) is 0 Å². The van der Waals surface area contributed by atoms with Gasteiger partial charge in [0.05, 0.1) is 0 Å². The van der Waals surface area contributed by atoms with E-state index in [0.717, 1.165) is 31.1 Å². The van der Waals surface area contributed by atoms with Gasteiger partial charge in [-0.2, -0.15) is 0 Å². The lowest BCUT2D eigenvalue weighted by Crippen LogP contribution is -2.62. The van der Waals surface area contributed by atoms with E-state index in [0.29, 0.717) is 6.04 Å². The van der Waals surface area contributed by atoms with Gasteiger partial charge >= 0.3 is 0 Å². The molecule has 1 aliphatic heterocycles. The third-order valence-corrected chi connectivity index (χ3v) is 4.59. The third kappa shape index (κ3) is 3.71. The molecule has 1 saturated heterocycles. The molecule has 0 bridgehead atoms. The summed E-state index contributed by atoms with van der Waals surface area (Å²) >= 11 is 6.09. The molecule has 1 aromatic rings. The highest BCUT2D eigenvalue weighted by atomic mass is 35.5. The molecule has 0 aliphatic carbocycles. The summed E-state index contributed by atoms with van der Waals surface area (Å²) in [6.45, 7) is 10.0. The summed E-state index contributed by atoms with van der Waals surface area (Å²) in [5, 5.41) is 4.54. The van der Waals surface area contributed by atoms with E-state index in [-0.39, 0.29) is 5.54 Å². The van der Waals surface area contributed by atoms with Gasteiger partial charge in [0, 0.05) is 36.2 Å². The molecule has 2 nitrogen and oxygen atoms in total. The molecule has 2 atom stereocenters. The Bertz CT molecular complexity index is 421. The molecular weight excluding hydrogens is 256 g/mol. The van der Waals surface area contributed by atoms with E-state index in [2.05, 4.69) is 43.1 Å². The van der Waals surface area contributed by atoms with E-state index in [1.165, 1.54) is 12.0 Å². The molecule has 106 valence electrons. The number of hydrogen-bond acceptors (Lipinski definition) is 2. The van der Waals surface area contributed by atoms with Crippen LogP contribution >= 0.6 is 11.6 Å². The average Bonchev–Trinajstić information content (AvgIpc) is 2.39. The van der Waals surface area contributed by atoms with Crippen LogP contribution in [0.4, 0.5) is 0 Å². The molecule has 1 aromatic carbocycles. The highest BCUT2D eigenvalue weighted by molar-refractivity contribution is 6.30. The summed E-state index contributed by atoms with van der Waals surface area (Å²) in [5.41, 5.74) is 1.55. The minimum absolute atomic E-state index is 0.240. The predicted molar refractivity (Wildman–Crippen MR) is 82.6 cm³/mol. The molecule has 0 amide bonds. The van der Waals surface area contributed by atoms with E-state index in [9.17, 15) is 0 Å². The molecule has 0 aromatic heterocycles. The van der Waals surface area contributed by atoms with Crippen LogP contribution in [0.5, 0.6) is 0 Å². The van der Waals surface area contributed by atoms with Crippen molar-refractivity contribution in [3.63, 3.8) is 0 Å². The molecule has 1 fully saturated rings. The van der Waals surface area contributed by atoms with Gasteiger partial charge in [0.2, 0.25) is 0 Å². The molecule has 1 aliphatic rings. The van der Waals surface area contributed by atoms with Crippen LogP contribution in [-0.2, 0) is 6.54 Å². The smallest absolute Gasteiger partial charge is 0.0409 e. The van der Waals surface area contributed by atoms with Crippen molar-refractivity contribution in [1.29, 1.82) is 0 Å². The topological polar surface area (TPSA) is 15.3 Å². The zero-order valence-corrected chi connectivity index (χ0v) is 13.0. The van der Waals surface area contributed by atoms with Crippen LogP contribution < -0.4 is 5.32 Å². The summed E-state index contributed by atoms with van der Waals surface area (Å²) in [6.07, 6.45) is 2.35. The van der Waals surface area contributed by atoms with E-state index in [1.807, 2.05) is 12.1 Å². The summed E-state index contributed by atoms with van der Waals surface area (Å²) in [7, 11) is 0. The van der Waals surface area contributed by atoms with Crippen LogP contribution in [0.2, 0.25) is 5.02 Å². The van der Waals surface area contributed by atoms with E-state index in [4.69, 9.17) is 11.6 Å². The van der Waals surface area contributed by atoms with Crippen molar-refractivity contribution in [2.24, 2.45) is 0 Å². The molecule has 19 heavy (non-hydrogen) atoms. The van der Waals surface area contributed by atoms with Crippen molar-refractivity contribution in [3.8, 4) is 0 Å². The zero-order valence-electron chi connectivity index (χ0n) is 12.2. The van der Waals surface area contributed by atoms with Gasteiger partial charge in [0.15, 0.2) is 0 Å². The first-order chi connectivity index (χ1) is 9.06. The minimum atomic E-state index is 0.240. The van der Waals surface area contributed by atoms with Crippen molar-refractivity contribution >= 4 is 11.6 Å². The summed E-state index contributed by atoms with van der Waals surface area (Å²) < 4.78 is 0. The second-order valence-electron chi connectivity index (χ2n) is 5.89. The molecular formula is C16H25ClN2.